The quantitative estimate of drug-likeness (QED) is 0.512. The summed E-state index contributed by atoms with van der Waals surface area (Å²) in [6.45, 7) is 0. The molecule has 0 N–H and O–H groups in total. The number of rotatable bonds is 3. The second-order valence-corrected chi connectivity index (χ2v) is 7.20. The molecule has 4 heteroatoms. The SMILES string of the molecule is Fc1ccc(Br)c(F)c1CC1(CCl)CC2CCC1C2. The van der Waals surface area contributed by atoms with Crippen LogP contribution in [0.3, 0.4) is 0 Å². The van der Waals surface area contributed by atoms with Crippen LogP contribution in [0.25, 0.3) is 0 Å². The van der Waals surface area contributed by atoms with Crippen molar-refractivity contribution in [3.8, 4) is 0 Å². The highest BCUT2D eigenvalue weighted by Crippen LogP contribution is 2.58. The van der Waals surface area contributed by atoms with E-state index in [1.807, 2.05) is 0 Å². The van der Waals surface area contributed by atoms with Crippen molar-refractivity contribution in [3.05, 3.63) is 33.8 Å². The largest absolute Gasteiger partial charge is 0.207 e. The van der Waals surface area contributed by atoms with E-state index >= 15 is 0 Å². The average Bonchev–Trinajstić information content (AvgIpc) is 3.00. The first-order valence-corrected chi connectivity index (χ1v) is 8.07. The second kappa shape index (κ2) is 5.00. The van der Waals surface area contributed by atoms with Crippen LogP contribution in [0.5, 0.6) is 0 Å². The molecule has 2 aliphatic rings. The van der Waals surface area contributed by atoms with Crippen molar-refractivity contribution >= 4 is 27.5 Å². The van der Waals surface area contributed by atoms with Gasteiger partial charge in [-0.1, -0.05) is 6.42 Å². The fourth-order valence-corrected chi connectivity index (χ4v) is 4.86. The summed E-state index contributed by atoms with van der Waals surface area (Å²) in [5, 5.41) is 0. The molecule has 0 heterocycles. The van der Waals surface area contributed by atoms with Gasteiger partial charge >= 0.3 is 0 Å². The van der Waals surface area contributed by atoms with E-state index in [9.17, 15) is 8.78 Å². The first-order valence-electron chi connectivity index (χ1n) is 6.74. The van der Waals surface area contributed by atoms with E-state index in [1.54, 1.807) is 0 Å². The topological polar surface area (TPSA) is 0 Å². The van der Waals surface area contributed by atoms with Crippen LogP contribution in [-0.4, -0.2) is 5.88 Å². The van der Waals surface area contributed by atoms with Gasteiger partial charge < -0.3 is 0 Å². The Hall–Kier alpha value is -0.150. The monoisotopic (exact) mass is 348 g/mol. The minimum Gasteiger partial charge on any atom is -0.207 e. The van der Waals surface area contributed by atoms with E-state index in [2.05, 4.69) is 15.9 Å². The molecule has 2 aliphatic carbocycles. The van der Waals surface area contributed by atoms with Gasteiger partial charge in [0.05, 0.1) is 4.47 Å². The van der Waals surface area contributed by atoms with Crippen molar-refractivity contribution in [3.63, 3.8) is 0 Å². The van der Waals surface area contributed by atoms with Crippen LogP contribution < -0.4 is 0 Å². The van der Waals surface area contributed by atoms with Gasteiger partial charge in [0.1, 0.15) is 11.6 Å². The molecule has 2 fully saturated rings. The van der Waals surface area contributed by atoms with Crippen LogP contribution in [0.2, 0.25) is 0 Å². The van der Waals surface area contributed by atoms with Crippen LogP contribution >= 0.6 is 27.5 Å². The van der Waals surface area contributed by atoms with Gasteiger partial charge in [0.15, 0.2) is 0 Å². The zero-order chi connectivity index (χ0) is 13.6. The molecular weight excluding hydrogens is 334 g/mol. The average molecular weight is 350 g/mol. The van der Waals surface area contributed by atoms with Gasteiger partial charge in [-0.05, 0) is 71.0 Å². The standard InChI is InChI=1S/C15H16BrClF2/c16-12-3-4-13(18)11(14(12)19)7-15(8-17)6-9-1-2-10(15)5-9/h3-4,9-10H,1-2,5-8H2. The highest BCUT2D eigenvalue weighted by atomic mass is 79.9. The van der Waals surface area contributed by atoms with Gasteiger partial charge in [0.2, 0.25) is 0 Å². The minimum absolute atomic E-state index is 0.104. The highest BCUT2D eigenvalue weighted by Gasteiger charge is 2.50. The van der Waals surface area contributed by atoms with Gasteiger partial charge in [-0.15, -0.1) is 11.6 Å². The molecular formula is C15H16BrClF2. The summed E-state index contributed by atoms with van der Waals surface area (Å²) in [7, 11) is 0. The fraction of sp³-hybridized carbons (Fsp3) is 0.600. The van der Waals surface area contributed by atoms with Gasteiger partial charge in [-0.25, -0.2) is 8.78 Å². The number of hydrogen-bond donors (Lipinski definition) is 0. The zero-order valence-corrected chi connectivity index (χ0v) is 12.9. The third-order valence-corrected chi connectivity index (χ3v) is 6.18. The fourth-order valence-electron chi connectivity index (χ4n) is 4.07. The third kappa shape index (κ3) is 2.23. The number of benzene rings is 1. The lowest BCUT2D eigenvalue weighted by atomic mass is 9.70. The lowest BCUT2D eigenvalue weighted by Gasteiger charge is -2.36. The minimum atomic E-state index is -0.465. The lowest BCUT2D eigenvalue weighted by Crippen LogP contribution is -2.33. The Labute approximate surface area is 125 Å². The molecule has 0 radical (unpaired) electrons. The van der Waals surface area contributed by atoms with Gasteiger partial charge in [0, 0.05) is 11.4 Å². The van der Waals surface area contributed by atoms with E-state index in [4.69, 9.17) is 11.6 Å². The molecule has 3 atom stereocenters. The Balaban J connectivity index is 1.94. The molecule has 2 saturated carbocycles. The smallest absolute Gasteiger partial charge is 0.143 e. The summed E-state index contributed by atoms with van der Waals surface area (Å²) in [5.41, 5.74) is 0.0926. The van der Waals surface area contributed by atoms with Crippen LogP contribution in [0.4, 0.5) is 8.78 Å². The van der Waals surface area contributed by atoms with Crippen LogP contribution in [0, 0.1) is 28.9 Å². The van der Waals surface area contributed by atoms with Crippen molar-refractivity contribution in [1.29, 1.82) is 0 Å². The van der Waals surface area contributed by atoms with Crippen molar-refractivity contribution in [1.82, 2.24) is 0 Å². The van der Waals surface area contributed by atoms with Crippen molar-refractivity contribution in [2.45, 2.75) is 32.1 Å². The summed E-state index contributed by atoms with van der Waals surface area (Å²) in [6, 6.07) is 2.75. The Morgan fingerprint density at radius 2 is 2.11 bits per heavy atom. The van der Waals surface area contributed by atoms with Crippen LogP contribution in [-0.2, 0) is 6.42 Å². The molecule has 19 heavy (non-hydrogen) atoms. The Kier molecular flexibility index (Phi) is 3.63. The molecule has 1 aromatic carbocycles. The third-order valence-electron chi connectivity index (χ3n) is 5.04. The summed E-state index contributed by atoms with van der Waals surface area (Å²) in [6.07, 6.45) is 5.05. The summed E-state index contributed by atoms with van der Waals surface area (Å²) in [5.74, 6) is 0.828. The molecule has 2 bridgehead atoms. The molecule has 0 spiro atoms. The van der Waals surface area contributed by atoms with E-state index in [0.717, 1.165) is 12.8 Å². The van der Waals surface area contributed by atoms with Crippen LogP contribution in [0.15, 0.2) is 16.6 Å². The second-order valence-electron chi connectivity index (χ2n) is 6.07. The lowest BCUT2D eigenvalue weighted by molar-refractivity contribution is 0.189. The van der Waals surface area contributed by atoms with Crippen molar-refractivity contribution in [2.24, 2.45) is 17.3 Å². The highest BCUT2D eigenvalue weighted by molar-refractivity contribution is 9.10. The number of hydrogen-bond acceptors (Lipinski definition) is 0. The molecule has 3 rings (SSSR count). The van der Waals surface area contributed by atoms with E-state index in [0.29, 0.717) is 28.6 Å². The van der Waals surface area contributed by atoms with Gasteiger partial charge in [-0.3, -0.25) is 0 Å². The molecule has 0 saturated heterocycles. The van der Waals surface area contributed by atoms with Crippen molar-refractivity contribution < 1.29 is 8.78 Å². The maximum Gasteiger partial charge on any atom is 0.143 e. The van der Waals surface area contributed by atoms with E-state index in [1.165, 1.54) is 25.0 Å². The first-order chi connectivity index (χ1) is 9.05. The summed E-state index contributed by atoms with van der Waals surface area (Å²) >= 11 is 9.33. The Morgan fingerprint density at radius 1 is 1.32 bits per heavy atom. The first kappa shape index (κ1) is 13.8. The van der Waals surface area contributed by atoms with Gasteiger partial charge in [0.25, 0.3) is 0 Å². The number of fused-ring (bicyclic) bond motifs is 2. The maximum absolute atomic E-state index is 14.1. The summed E-state index contributed by atoms with van der Waals surface area (Å²) < 4.78 is 28.4. The Morgan fingerprint density at radius 3 is 2.68 bits per heavy atom. The Bertz CT molecular complexity index is 505. The number of halogens is 4. The van der Waals surface area contributed by atoms with Gasteiger partial charge in [-0.2, -0.15) is 0 Å². The molecule has 104 valence electrons. The summed E-state index contributed by atoms with van der Waals surface area (Å²) in [4.78, 5) is 0. The maximum atomic E-state index is 14.1. The normalized spacial score (nSPS) is 33.1. The van der Waals surface area contributed by atoms with E-state index in [-0.39, 0.29) is 11.0 Å². The molecule has 3 unspecified atom stereocenters. The zero-order valence-electron chi connectivity index (χ0n) is 10.6. The molecule has 0 aliphatic heterocycles. The molecule has 0 nitrogen and oxygen atoms in total. The predicted molar refractivity (Wildman–Crippen MR) is 76.4 cm³/mol. The predicted octanol–water partition coefficient (Wildman–Crippen LogP) is 5.32. The molecule has 1 aromatic rings. The molecule has 0 aromatic heterocycles. The van der Waals surface area contributed by atoms with E-state index < -0.39 is 11.6 Å². The van der Waals surface area contributed by atoms with Crippen molar-refractivity contribution in [2.75, 3.05) is 5.88 Å². The van der Waals surface area contributed by atoms with Crippen LogP contribution in [0.1, 0.15) is 31.2 Å². The number of alkyl halides is 1. The molecule has 0 amide bonds.